The molecule has 0 fully saturated rings. The van der Waals surface area contributed by atoms with Crippen LogP contribution in [0.5, 0.6) is 0 Å². The average Bonchev–Trinajstić information content (AvgIpc) is 2.64. The zero-order valence-electron chi connectivity index (χ0n) is 19.5. The molecule has 0 bridgehead atoms. The number of hydrogen-bond acceptors (Lipinski definition) is 7. The van der Waals surface area contributed by atoms with Crippen molar-refractivity contribution >= 4 is 33.9 Å². The van der Waals surface area contributed by atoms with Crippen molar-refractivity contribution in [3.63, 3.8) is 0 Å². The predicted octanol–water partition coefficient (Wildman–Crippen LogP) is 3.34. The summed E-state index contributed by atoms with van der Waals surface area (Å²) in [4.78, 5) is 37.8. The lowest BCUT2D eigenvalue weighted by molar-refractivity contribution is 0.509. The molecule has 0 atom stereocenters. The Labute approximate surface area is 194 Å². The minimum absolute atomic E-state index is 0.131. The maximum absolute atomic E-state index is 12.3. The summed E-state index contributed by atoms with van der Waals surface area (Å²) >= 11 is 4.49. The number of hydrogen-bond donors (Lipinski definition) is 1. The summed E-state index contributed by atoms with van der Waals surface area (Å²) in [6.07, 6.45) is 3.58. The Morgan fingerprint density at radius 1 is 1.10 bits per heavy atom. The van der Waals surface area contributed by atoms with Crippen LogP contribution in [0.4, 0.5) is 0 Å². The number of aryl methyl sites for hydroxylation is 1. The topological polar surface area (TPSA) is 115 Å². The van der Waals surface area contributed by atoms with Crippen LogP contribution in [-0.2, 0) is 5.41 Å². The molecule has 2 heterocycles. The molecule has 0 aliphatic heterocycles. The lowest BCUT2D eigenvalue weighted by Crippen LogP contribution is -2.37. The van der Waals surface area contributed by atoms with Crippen molar-refractivity contribution in [3.8, 4) is 0 Å². The van der Waals surface area contributed by atoms with Crippen LogP contribution in [0.25, 0.3) is 0 Å². The van der Waals surface area contributed by atoms with Gasteiger partial charge in [0.1, 0.15) is 10.2 Å². The molecular weight excluding hydrogens is 484 g/mol. The molecule has 2 aromatic rings. The van der Waals surface area contributed by atoms with Gasteiger partial charge in [-0.1, -0.05) is 46.4 Å². The quantitative estimate of drug-likeness (QED) is 0.494. The molecule has 0 unspecified atom stereocenters. The second-order valence-electron chi connectivity index (χ2n) is 8.55. The number of aromatic nitrogens is 5. The first-order chi connectivity index (χ1) is 14.2. The van der Waals surface area contributed by atoms with Crippen molar-refractivity contribution in [1.82, 2.24) is 24.4 Å². The molecule has 0 spiro atoms. The van der Waals surface area contributed by atoms with Crippen molar-refractivity contribution in [2.24, 2.45) is 11.0 Å². The number of halogens is 1. The van der Waals surface area contributed by atoms with Crippen molar-refractivity contribution in [3.05, 3.63) is 47.1 Å². The van der Waals surface area contributed by atoms with E-state index in [1.807, 2.05) is 40.9 Å². The van der Waals surface area contributed by atoms with Crippen LogP contribution in [0.1, 0.15) is 65.9 Å². The highest BCUT2D eigenvalue weighted by molar-refractivity contribution is 9.10. The van der Waals surface area contributed by atoms with Crippen LogP contribution in [0.15, 0.2) is 29.1 Å². The van der Waals surface area contributed by atoms with E-state index in [0.29, 0.717) is 21.0 Å². The molecular formula is C20H31BrN6O3S. The first kappa shape index (κ1) is 27.0. The minimum Gasteiger partial charge on any atom is -0.310 e. The third-order valence-electron chi connectivity index (χ3n) is 3.95. The Morgan fingerprint density at radius 2 is 1.68 bits per heavy atom. The summed E-state index contributed by atoms with van der Waals surface area (Å²) in [6.45, 7) is 15.1. The van der Waals surface area contributed by atoms with Gasteiger partial charge in [0.15, 0.2) is 0 Å². The molecule has 11 heteroatoms. The fraction of sp³-hybridized carbons (Fsp3) is 0.600. The number of rotatable bonds is 4. The van der Waals surface area contributed by atoms with E-state index in [1.165, 1.54) is 21.0 Å². The smallest absolute Gasteiger partial charge is 0.310 e. The highest BCUT2D eigenvalue weighted by atomic mass is 79.9. The largest absolute Gasteiger partial charge is 0.328 e. The van der Waals surface area contributed by atoms with Gasteiger partial charge in [0, 0.05) is 23.4 Å². The predicted molar refractivity (Wildman–Crippen MR) is 130 cm³/mol. The second-order valence-corrected chi connectivity index (χ2v) is 10.1. The van der Waals surface area contributed by atoms with Gasteiger partial charge in [-0.15, -0.1) is 10.2 Å². The fourth-order valence-corrected chi connectivity index (χ4v) is 3.08. The van der Waals surface area contributed by atoms with Crippen molar-refractivity contribution in [2.75, 3.05) is 6.26 Å². The van der Waals surface area contributed by atoms with E-state index >= 15 is 0 Å². The second kappa shape index (κ2) is 11.0. The maximum atomic E-state index is 12.3. The third-order valence-corrected chi connectivity index (χ3v) is 5.50. The summed E-state index contributed by atoms with van der Waals surface area (Å²) in [5.41, 5.74) is -0.181. The lowest BCUT2D eigenvalue weighted by Gasteiger charge is -2.16. The van der Waals surface area contributed by atoms with Crippen LogP contribution < -0.4 is 16.8 Å². The number of nitrogens with zero attached hydrogens (tertiary/aromatic N) is 5. The Kier molecular flexibility index (Phi) is 9.62. The van der Waals surface area contributed by atoms with Gasteiger partial charge in [-0.2, -0.15) is 9.78 Å². The zero-order valence-corrected chi connectivity index (χ0v) is 21.9. The Morgan fingerprint density at radius 3 is 2.13 bits per heavy atom. The molecule has 0 radical (unpaired) electrons. The minimum atomic E-state index is -0.360. The summed E-state index contributed by atoms with van der Waals surface area (Å²) in [5, 5.41) is 12.8. The van der Waals surface area contributed by atoms with Gasteiger partial charge in [-0.3, -0.25) is 14.2 Å². The molecule has 0 aliphatic carbocycles. The Hall–Kier alpha value is -2.01. The van der Waals surface area contributed by atoms with Gasteiger partial charge in [0.25, 0.3) is 11.1 Å². The molecule has 0 saturated carbocycles. The first-order valence-electron chi connectivity index (χ1n) is 9.81. The van der Waals surface area contributed by atoms with Crippen molar-refractivity contribution in [1.29, 1.82) is 0 Å². The van der Waals surface area contributed by atoms with Gasteiger partial charge in [0.2, 0.25) is 5.16 Å². The van der Waals surface area contributed by atoms with Gasteiger partial charge in [-0.25, -0.2) is 4.79 Å². The average molecular weight is 515 g/mol. The van der Waals surface area contributed by atoms with E-state index in [2.05, 4.69) is 36.2 Å². The first-order valence-corrected chi connectivity index (χ1v) is 11.8. The summed E-state index contributed by atoms with van der Waals surface area (Å²) in [7, 11) is 0. The molecule has 2 aromatic heterocycles. The van der Waals surface area contributed by atoms with Gasteiger partial charge >= 0.3 is 5.69 Å². The highest BCUT2D eigenvalue weighted by Gasteiger charge is 2.23. The Balaban J connectivity index is 0.000000327. The molecule has 31 heavy (non-hydrogen) atoms. The number of aromatic amines is 1. The molecule has 9 nitrogen and oxygen atoms in total. The monoisotopic (exact) mass is 514 g/mol. The van der Waals surface area contributed by atoms with Crippen LogP contribution in [0.3, 0.4) is 0 Å². The molecule has 0 aromatic carbocycles. The molecule has 0 amide bonds. The highest BCUT2D eigenvalue weighted by Crippen LogP contribution is 2.17. The molecule has 1 N–H and O–H groups in total. The van der Waals surface area contributed by atoms with Gasteiger partial charge in [-0.05, 0) is 48.9 Å². The maximum Gasteiger partial charge on any atom is 0.328 e. The van der Waals surface area contributed by atoms with Crippen LogP contribution in [-0.4, -0.2) is 36.9 Å². The molecule has 0 aliphatic rings. The van der Waals surface area contributed by atoms with Crippen molar-refractivity contribution in [2.45, 2.75) is 72.0 Å². The van der Waals surface area contributed by atoms with E-state index in [1.54, 1.807) is 27.0 Å². The van der Waals surface area contributed by atoms with E-state index in [-0.39, 0.29) is 34.2 Å². The summed E-state index contributed by atoms with van der Waals surface area (Å²) in [6, 6.07) is -0.131. The van der Waals surface area contributed by atoms with Crippen LogP contribution >= 0.6 is 27.7 Å². The fourth-order valence-electron chi connectivity index (χ4n) is 2.37. The third kappa shape index (κ3) is 6.99. The summed E-state index contributed by atoms with van der Waals surface area (Å²) in [5.74, 6) is 0.276. The number of thioether (sulfide) groups is 1. The van der Waals surface area contributed by atoms with Gasteiger partial charge < -0.3 is 4.98 Å². The number of nitrogens with one attached hydrogen (secondary N) is 1. The SMILES string of the molecule is CSc1nnc(C(C)(C)C)c(=O)n1/N=C/C(C)C.Cc1[nH]c(=O)n(C(C)C)c(=O)c1Br. The van der Waals surface area contributed by atoms with E-state index in [4.69, 9.17) is 0 Å². The summed E-state index contributed by atoms with van der Waals surface area (Å²) < 4.78 is 2.93. The molecule has 172 valence electrons. The lowest BCUT2D eigenvalue weighted by atomic mass is 9.93. The van der Waals surface area contributed by atoms with Crippen LogP contribution in [0, 0.1) is 12.8 Å². The van der Waals surface area contributed by atoms with Crippen molar-refractivity contribution < 1.29 is 0 Å². The molecule has 2 rings (SSSR count). The molecule has 0 saturated heterocycles. The number of H-pyrrole nitrogens is 1. The van der Waals surface area contributed by atoms with Crippen LogP contribution in [0.2, 0.25) is 0 Å². The Bertz CT molecular complexity index is 1110. The van der Waals surface area contributed by atoms with Gasteiger partial charge in [0.05, 0.1) is 0 Å². The zero-order chi connectivity index (χ0) is 24.1. The van der Waals surface area contributed by atoms with E-state index in [9.17, 15) is 14.4 Å². The van der Waals surface area contributed by atoms with E-state index in [0.717, 1.165) is 0 Å². The van der Waals surface area contributed by atoms with E-state index < -0.39 is 0 Å². The normalized spacial score (nSPS) is 11.9. The standard InChI is InChI=1S/C12H20N4OS.C8H11BrN2O2/c1-8(2)7-13-16-10(17)9(12(3,4)5)14-15-11(16)18-6;1-4(2)11-7(12)6(9)5(3)10-8(11)13/h7-8H,1-6H3;4H,1-3H3,(H,10,13)/b13-7+;.